The molecule has 0 heterocycles. The van der Waals surface area contributed by atoms with E-state index in [4.69, 9.17) is 16.7 Å². The Kier molecular flexibility index (Phi) is 5.19. The predicted octanol–water partition coefficient (Wildman–Crippen LogP) is 2.97. The zero-order chi connectivity index (χ0) is 12.8. The highest BCUT2D eigenvalue weighted by Crippen LogP contribution is 2.22. The zero-order valence-corrected chi connectivity index (χ0v) is 10.5. The smallest absolute Gasteiger partial charge is 0.317 e. The molecule has 0 bridgehead atoms. The second-order valence-corrected chi connectivity index (χ2v) is 4.28. The van der Waals surface area contributed by atoms with Crippen LogP contribution in [0.3, 0.4) is 0 Å². The third kappa shape index (κ3) is 4.21. The van der Waals surface area contributed by atoms with Crippen LogP contribution in [0.15, 0.2) is 36.9 Å². The van der Waals surface area contributed by atoms with Crippen molar-refractivity contribution in [3.63, 3.8) is 0 Å². The summed E-state index contributed by atoms with van der Waals surface area (Å²) in [5.74, 6) is -0.847. The third-order valence-corrected chi connectivity index (χ3v) is 2.82. The molecular weight excluding hydrogens is 238 g/mol. The molecule has 92 valence electrons. The van der Waals surface area contributed by atoms with E-state index in [0.717, 1.165) is 5.56 Å². The summed E-state index contributed by atoms with van der Waals surface area (Å²) in [5.41, 5.74) is 1.00. The molecule has 3 nitrogen and oxygen atoms in total. The van der Waals surface area contributed by atoms with E-state index in [-0.39, 0.29) is 12.6 Å². The normalized spacial score (nSPS) is 12.4. The zero-order valence-electron chi connectivity index (χ0n) is 9.77. The summed E-state index contributed by atoms with van der Waals surface area (Å²) < 4.78 is 0. The van der Waals surface area contributed by atoms with Crippen molar-refractivity contribution < 1.29 is 9.90 Å². The van der Waals surface area contributed by atoms with Gasteiger partial charge in [-0.3, -0.25) is 9.69 Å². The van der Waals surface area contributed by atoms with E-state index in [1.54, 1.807) is 12.1 Å². The van der Waals surface area contributed by atoms with Crippen LogP contribution >= 0.6 is 11.6 Å². The minimum Gasteiger partial charge on any atom is -0.480 e. The standard InChI is InChI=1S/C13H16ClNO2/c1-3-7-15(9-13(16)17)10(2)11-5-4-6-12(14)8-11/h3-6,8,10H,1,7,9H2,2H3,(H,16,17). The Morgan fingerprint density at radius 2 is 2.35 bits per heavy atom. The molecule has 1 rings (SSSR count). The lowest BCUT2D eigenvalue weighted by Crippen LogP contribution is -2.32. The van der Waals surface area contributed by atoms with Gasteiger partial charge in [-0.2, -0.15) is 0 Å². The lowest BCUT2D eigenvalue weighted by atomic mass is 10.1. The fourth-order valence-electron chi connectivity index (χ4n) is 1.68. The van der Waals surface area contributed by atoms with E-state index >= 15 is 0 Å². The molecule has 0 saturated heterocycles. The predicted molar refractivity (Wildman–Crippen MR) is 69.3 cm³/mol. The summed E-state index contributed by atoms with van der Waals surface area (Å²) >= 11 is 5.92. The van der Waals surface area contributed by atoms with Gasteiger partial charge in [0, 0.05) is 17.6 Å². The number of benzene rings is 1. The maximum atomic E-state index is 10.8. The number of hydrogen-bond acceptors (Lipinski definition) is 2. The van der Waals surface area contributed by atoms with E-state index in [2.05, 4.69) is 6.58 Å². The first-order valence-electron chi connectivity index (χ1n) is 5.36. The molecule has 0 radical (unpaired) electrons. The lowest BCUT2D eigenvalue weighted by molar-refractivity contribution is -0.138. The summed E-state index contributed by atoms with van der Waals surface area (Å²) in [6, 6.07) is 7.44. The van der Waals surface area contributed by atoms with Crippen molar-refractivity contribution in [3.05, 3.63) is 47.5 Å². The fourth-order valence-corrected chi connectivity index (χ4v) is 1.88. The molecule has 17 heavy (non-hydrogen) atoms. The molecule has 0 saturated carbocycles. The molecule has 0 fully saturated rings. The average Bonchev–Trinajstić information content (AvgIpc) is 2.27. The molecule has 0 aromatic heterocycles. The first kappa shape index (κ1) is 13.7. The number of carboxylic acids is 1. The van der Waals surface area contributed by atoms with Crippen molar-refractivity contribution in [2.24, 2.45) is 0 Å². The quantitative estimate of drug-likeness (QED) is 0.793. The average molecular weight is 254 g/mol. The van der Waals surface area contributed by atoms with Crippen LogP contribution in [-0.4, -0.2) is 29.1 Å². The van der Waals surface area contributed by atoms with E-state index in [0.29, 0.717) is 11.6 Å². The molecular formula is C13H16ClNO2. The van der Waals surface area contributed by atoms with Gasteiger partial charge < -0.3 is 5.11 Å². The van der Waals surface area contributed by atoms with Crippen molar-refractivity contribution in [2.75, 3.05) is 13.1 Å². The van der Waals surface area contributed by atoms with Crippen molar-refractivity contribution in [3.8, 4) is 0 Å². The minimum atomic E-state index is -0.847. The highest BCUT2D eigenvalue weighted by molar-refractivity contribution is 6.30. The van der Waals surface area contributed by atoms with Gasteiger partial charge in [0.1, 0.15) is 0 Å². The Balaban J connectivity index is 2.86. The largest absolute Gasteiger partial charge is 0.480 e. The highest BCUT2D eigenvalue weighted by Gasteiger charge is 2.17. The number of rotatable bonds is 6. The van der Waals surface area contributed by atoms with Crippen LogP contribution in [0.2, 0.25) is 5.02 Å². The maximum absolute atomic E-state index is 10.8. The lowest BCUT2D eigenvalue weighted by Gasteiger charge is -2.26. The number of carboxylic acid groups (broad SMARTS) is 1. The number of nitrogens with zero attached hydrogens (tertiary/aromatic N) is 1. The Labute approximate surface area is 106 Å². The van der Waals surface area contributed by atoms with Gasteiger partial charge in [0.15, 0.2) is 0 Å². The second-order valence-electron chi connectivity index (χ2n) is 3.84. The number of halogens is 1. The first-order chi connectivity index (χ1) is 8.04. The van der Waals surface area contributed by atoms with E-state index in [1.165, 1.54) is 0 Å². The van der Waals surface area contributed by atoms with E-state index < -0.39 is 5.97 Å². The Morgan fingerprint density at radius 3 is 2.88 bits per heavy atom. The Morgan fingerprint density at radius 1 is 1.65 bits per heavy atom. The van der Waals surface area contributed by atoms with Gasteiger partial charge in [-0.1, -0.05) is 29.8 Å². The highest BCUT2D eigenvalue weighted by atomic mass is 35.5. The van der Waals surface area contributed by atoms with Crippen LogP contribution in [0.4, 0.5) is 0 Å². The SMILES string of the molecule is C=CCN(CC(=O)O)C(C)c1cccc(Cl)c1. The molecule has 1 aromatic carbocycles. The maximum Gasteiger partial charge on any atom is 0.317 e. The minimum absolute atomic E-state index is 0.0113. The topological polar surface area (TPSA) is 40.5 Å². The molecule has 0 aliphatic rings. The van der Waals surface area contributed by atoms with Gasteiger partial charge in [-0.05, 0) is 24.6 Å². The van der Waals surface area contributed by atoms with Crippen molar-refractivity contribution in [1.82, 2.24) is 4.90 Å². The summed E-state index contributed by atoms with van der Waals surface area (Å²) in [6.45, 7) is 6.11. The molecule has 0 spiro atoms. The molecule has 1 unspecified atom stereocenters. The summed E-state index contributed by atoms with van der Waals surface area (Å²) in [4.78, 5) is 12.6. The van der Waals surface area contributed by atoms with Crippen LogP contribution in [0, 0.1) is 0 Å². The van der Waals surface area contributed by atoms with Gasteiger partial charge in [-0.25, -0.2) is 0 Å². The monoisotopic (exact) mass is 253 g/mol. The number of hydrogen-bond donors (Lipinski definition) is 1. The van der Waals surface area contributed by atoms with E-state index in [1.807, 2.05) is 30.0 Å². The van der Waals surface area contributed by atoms with Gasteiger partial charge in [0.2, 0.25) is 0 Å². The molecule has 1 N–H and O–H groups in total. The molecule has 1 aromatic rings. The molecule has 1 atom stereocenters. The Hall–Kier alpha value is -1.32. The summed E-state index contributed by atoms with van der Waals surface area (Å²) in [6.07, 6.45) is 1.70. The van der Waals surface area contributed by atoms with Crippen molar-refractivity contribution in [2.45, 2.75) is 13.0 Å². The van der Waals surface area contributed by atoms with E-state index in [9.17, 15) is 4.79 Å². The van der Waals surface area contributed by atoms with Crippen LogP contribution in [0.5, 0.6) is 0 Å². The molecule has 4 heteroatoms. The molecule has 0 aliphatic heterocycles. The van der Waals surface area contributed by atoms with Gasteiger partial charge in [0.25, 0.3) is 0 Å². The number of aliphatic carboxylic acids is 1. The van der Waals surface area contributed by atoms with Crippen LogP contribution < -0.4 is 0 Å². The fraction of sp³-hybridized carbons (Fsp3) is 0.308. The Bertz CT molecular complexity index is 406. The van der Waals surface area contributed by atoms with Crippen LogP contribution in [0.25, 0.3) is 0 Å². The van der Waals surface area contributed by atoms with Crippen molar-refractivity contribution >= 4 is 17.6 Å². The summed E-state index contributed by atoms with van der Waals surface area (Å²) in [7, 11) is 0. The second kappa shape index (κ2) is 6.42. The molecule has 0 amide bonds. The van der Waals surface area contributed by atoms with Gasteiger partial charge >= 0.3 is 5.97 Å². The van der Waals surface area contributed by atoms with Crippen molar-refractivity contribution in [1.29, 1.82) is 0 Å². The van der Waals surface area contributed by atoms with Gasteiger partial charge in [-0.15, -0.1) is 6.58 Å². The third-order valence-electron chi connectivity index (χ3n) is 2.58. The summed E-state index contributed by atoms with van der Waals surface area (Å²) in [5, 5.41) is 9.51. The molecule has 0 aliphatic carbocycles. The first-order valence-corrected chi connectivity index (χ1v) is 5.74. The van der Waals surface area contributed by atoms with Crippen LogP contribution in [-0.2, 0) is 4.79 Å². The number of carbonyl (C=O) groups is 1. The van der Waals surface area contributed by atoms with Gasteiger partial charge in [0.05, 0.1) is 6.54 Å². The van der Waals surface area contributed by atoms with Crippen LogP contribution in [0.1, 0.15) is 18.5 Å².